The predicted octanol–water partition coefficient (Wildman–Crippen LogP) is 3.44. The Bertz CT molecular complexity index is 1140. The summed E-state index contributed by atoms with van der Waals surface area (Å²) >= 11 is 1.24. The number of aryl methyl sites for hydroxylation is 1. The van der Waals surface area contributed by atoms with Crippen LogP contribution in [0, 0.1) is 0 Å². The summed E-state index contributed by atoms with van der Waals surface area (Å²) in [5.74, 6) is 1.77. The molecule has 0 fully saturated rings. The van der Waals surface area contributed by atoms with Gasteiger partial charge < -0.3 is 9.47 Å². The van der Waals surface area contributed by atoms with E-state index in [1.165, 1.54) is 11.3 Å². The number of hydrogen-bond acceptors (Lipinski definition) is 7. The van der Waals surface area contributed by atoms with E-state index in [9.17, 15) is 4.79 Å². The van der Waals surface area contributed by atoms with Crippen LogP contribution >= 0.6 is 11.3 Å². The normalized spacial score (nSPS) is 10.8. The highest BCUT2D eigenvalue weighted by Crippen LogP contribution is 2.25. The lowest BCUT2D eigenvalue weighted by Crippen LogP contribution is -2.20. The smallest absolute Gasteiger partial charge is 0.264 e. The summed E-state index contributed by atoms with van der Waals surface area (Å²) in [7, 11) is 1.62. The Balaban J connectivity index is 1.46. The van der Waals surface area contributed by atoms with E-state index in [1.54, 1.807) is 11.6 Å². The van der Waals surface area contributed by atoms with Crippen LogP contribution in [-0.2, 0) is 11.2 Å². The molecule has 29 heavy (non-hydrogen) atoms. The number of anilines is 1. The molecule has 2 aromatic heterocycles. The molecule has 0 saturated heterocycles. The molecule has 1 amide bonds. The maximum atomic E-state index is 12.3. The van der Waals surface area contributed by atoms with Crippen LogP contribution < -0.4 is 14.8 Å². The average Bonchev–Trinajstić information content (AvgIpc) is 3.32. The zero-order valence-electron chi connectivity index (χ0n) is 16.0. The zero-order valence-corrected chi connectivity index (χ0v) is 16.8. The van der Waals surface area contributed by atoms with Crippen molar-refractivity contribution in [2.24, 2.45) is 0 Å². The maximum absolute atomic E-state index is 12.3. The molecule has 9 heteroatoms. The third-order valence-electron chi connectivity index (χ3n) is 4.30. The fourth-order valence-electron chi connectivity index (χ4n) is 2.82. The summed E-state index contributed by atoms with van der Waals surface area (Å²) in [4.78, 5) is 12.9. The van der Waals surface area contributed by atoms with E-state index >= 15 is 0 Å². The largest absolute Gasteiger partial charge is 0.497 e. The van der Waals surface area contributed by atoms with Gasteiger partial charge in [-0.3, -0.25) is 10.1 Å². The van der Waals surface area contributed by atoms with E-state index < -0.39 is 0 Å². The molecule has 4 rings (SSSR count). The summed E-state index contributed by atoms with van der Waals surface area (Å²) < 4.78 is 12.4. The highest BCUT2D eigenvalue weighted by Gasteiger charge is 2.15. The number of carbonyl (C=O) groups is 1. The van der Waals surface area contributed by atoms with Crippen LogP contribution in [0.25, 0.3) is 16.3 Å². The van der Waals surface area contributed by atoms with Crippen LogP contribution in [0.4, 0.5) is 5.13 Å². The van der Waals surface area contributed by atoms with Crippen molar-refractivity contribution < 1.29 is 14.3 Å². The molecule has 0 atom stereocenters. The minimum absolute atomic E-state index is 0.0947. The monoisotopic (exact) mass is 409 g/mol. The number of carbonyl (C=O) groups excluding carboxylic acids is 1. The van der Waals surface area contributed by atoms with Crippen molar-refractivity contribution in [1.82, 2.24) is 19.8 Å². The van der Waals surface area contributed by atoms with Gasteiger partial charge in [0.15, 0.2) is 12.4 Å². The van der Waals surface area contributed by atoms with E-state index in [1.807, 2.05) is 55.5 Å². The standard InChI is InChI=1S/C20H19N5O3S/c1-3-13-6-4-5-7-16(13)28-12-17(26)21-19-24-25-18(22-23-20(25)29-19)14-8-10-15(27-2)11-9-14/h4-11H,3,12H2,1-2H3,(H,21,24,26). The van der Waals surface area contributed by atoms with Gasteiger partial charge in [-0.1, -0.05) is 36.5 Å². The van der Waals surface area contributed by atoms with Crippen LogP contribution in [0.15, 0.2) is 48.5 Å². The van der Waals surface area contributed by atoms with Crippen molar-refractivity contribution >= 4 is 27.3 Å². The van der Waals surface area contributed by atoms with Gasteiger partial charge in [0, 0.05) is 5.56 Å². The molecule has 148 valence electrons. The van der Waals surface area contributed by atoms with Gasteiger partial charge in [-0.15, -0.1) is 15.3 Å². The van der Waals surface area contributed by atoms with Crippen molar-refractivity contribution in [3.05, 3.63) is 54.1 Å². The molecule has 4 aromatic rings. The van der Waals surface area contributed by atoms with Crippen LogP contribution in [0.3, 0.4) is 0 Å². The van der Waals surface area contributed by atoms with Crippen molar-refractivity contribution in [1.29, 1.82) is 0 Å². The number of rotatable bonds is 7. The first-order valence-corrected chi connectivity index (χ1v) is 9.87. The number of aromatic nitrogens is 4. The average molecular weight is 409 g/mol. The van der Waals surface area contributed by atoms with E-state index in [0.717, 1.165) is 23.3 Å². The molecule has 2 heterocycles. The molecule has 1 N–H and O–H groups in total. The Morgan fingerprint density at radius 2 is 1.93 bits per heavy atom. The lowest BCUT2D eigenvalue weighted by molar-refractivity contribution is -0.118. The molecule has 0 aliphatic heterocycles. The van der Waals surface area contributed by atoms with Crippen molar-refractivity contribution in [3.63, 3.8) is 0 Å². The molecule has 0 bridgehead atoms. The number of methoxy groups -OCH3 is 1. The van der Waals surface area contributed by atoms with Crippen LogP contribution in [0.2, 0.25) is 0 Å². The Labute approximate surface area is 171 Å². The van der Waals surface area contributed by atoms with Gasteiger partial charge in [-0.2, -0.15) is 4.52 Å². The lowest BCUT2D eigenvalue weighted by atomic mass is 10.1. The van der Waals surface area contributed by atoms with Gasteiger partial charge >= 0.3 is 0 Å². The summed E-state index contributed by atoms with van der Waals surface area (Å²) in [5.41, 5.74) is 1.91. The summed E-state index contributed by atoms with van der Waals surface area (Å²) in [6.45, 7) is 1.95. The van der Waals surface area contributed by atoms with Gasteiger partial charge in [0.25, 0.3) is 5.91 Å². The second kappa shape index (κ2) is 8.27. The van der Waals surface area contributed by atoms with Crippen molar-refractivity contribution in [2.75, 3.05) is 19.0 Å². The number of ether oxygens (including phenoxy) is 2. The number of nitrogens with one attached hydrogen (secondary N) is 1. The molecular weight excluding hydrogens is 390 g/mol. The van der Waals surface area contributed by atoms with E-state index in [2.05, 4.69) is 20.6 Å². The SMILES string of the molecule is CCc1ccccc1OCC(=O)Nc1nn2c(-c3ccc(OC)cc3)nnc2s1. The van der Waals surface area contributed by atoms with Crippen LogP contribution in [-0.4, -0.2) is 39.4 Å². The molecule has 2 aromatic carbocycles. The molecule has 8 nitrogen and oxygen atoms in total. The molecule has 0 aliphatic carbocycles. The van der Waals surface area contributed by atoms with Gasteiger partial charge in [-0.05, 0) is 42.3 Å². The number of benzene rings is 2. The minimum atomic E-state index is -0.285. The van der Waals surface area contributed by atoms with Crippen LogP contribution in [0.5, 0.6) is 11.5 Å². The Hall–Kier alpha value is -3.46. The number of nitrogens with zero attached hydrogens (tertiary/aromatic N) is 4. The Morgan fingerprint density at radius 3 is 2.69 bits per heavy atom. The summed E-state index contributed by atoms with van der Waals surface area (Å²) in [6.07, 6.45) is 0.836. The zero-order chi connectivity index (χ0) is 20.2. The first kappa shape index (κ1) is 18.9. The maximum Gasteiger partial charge on any atom is 0.264 e. The molecule has 0 unspecified atom stereocenters. The number of hydrogen-bond donors (Lipinski definition) is 1. The molecule has 0 aliphatic rings. The number of fused-ring (bicyclic) bond motifs is 1. The fraction of sp³-hybridized carbons (Fsp3) is 0.200. The van der Waals surface area contributed by atoms with Gasteiger partial charge in [0.05, 0.1) is 7.11 Å². The van der Waals surface area contributed by atoms with Gasteiger partial charge in [-0.25, -0.2) is 0 Å². The van der Waals surface area contributed by atoms with Gasteiger partial charge in [0.2, 0.25) is 10.1 Å². The predicted molar refractivity (Wildman–Crippen MR) is 111 cm³/mol. The highest BCUT2D eigenvalue weighted by molar-refractivity contribution is 7.20. The minimum Gasteiger partial charge on any atom is -0.497 e. The second-order valence-corrected chi connectivity index (χ2v) is 7.11. The van der Waals surface area contributed by atoms with Crippen molar-refractivity contribution in [3.8, 4) is 22.9 Å². The number of para-hydroxylation sites is 1. The molecule has 0 saturated carbocycles. The molecular formula is C20H19N5O3S. The summed E-state index contributed by atoms with van der Waals surface area (Å²) in [6, 6.07) is 15.1. The second-order valence-electron chi connectivity index (χ2n) is 6.15. The first-order valence-electron chi connectivity index (χ1n) is 9.05. The van der Waals surface area contributed by atoms with Crippen molar-refractivity contribution in [2.45, 2.75) is 13.3 Å². The highest BCUT2D eigenvalue weighted by atomic mass is 32.1. The number of amides is 1. The van der Waals surface area contributed by atoms with E-state index in [4.69, 9.17) is 9.47 Å². The Kier molecular flexibility index (Phi) is 5.39. The molecule has 0 radical (unpaired) electrons. The van der Waals surface area contributed by atoms with E-state index in [-0.39, 0.29) is 12.5 Å². The summed E-state index contributed by atoms with van der Waals surface area (Å²) in [5, 5.41) is 15.9. The quantitative estimate of drug-likeness (QED) is 0.503. The third-order valence-corrected chi connectivity index (χ3v) is 5.11. The Morgan fingerprint density at radius 1 is 1.14 bits per heavy atom. The topological polar surface area (TPSA) is 90.6 Å². The fourth-order valence-corrected chi connectivity index (χ4v) is 3.58. The third kappa shape index (κ3) is 4.04. The lowest BCUT2D eigenvalue weighted by Gasteiger charge is -2.09. The first-order chi connectivity index (χ1) is 14.2. The van der Waals surface area contributed by atoms with Crippen LogP contribution in [0.1, 0.15) is 12.5 Å². The van der Waals surface area contributed by atoms with E-state index in [0.29, 0.717) is 21.7 Å². The van der Waals surface area contributed by atoms with Gasteiger partial charge in [0.1, 0.15) is 11.5 Å². The molecule has 0 spiro atoms.